The molecular weight excluding hydrogens is 210 g/mol. The summed E-state index contributed by atoms with van der Waals surface area (Å²) in [6, 6.07) is 8.75. The number of ether oxygens (including phenoxy) is 1. The third kappa shape index (κ3) is 2.53. The SMILES string of the molecule is c1ccc2c(c1)CC2COCC1CCNCC1. The summed E-state index contributed by atoms with van der Waals surface area (Å²) in [5, 5.41) is 3.39. The van der Waals surface area contributed by atoms with Crippen molar-refractivity contribution < 1.29 is 4.74 Å². The second kappa shape index (κ2) is 5.19. The van der Waals surface area contributed by atoms with Crippen LogP contribution in [0, 0.1) is 5.92 Å². The van der Waals surface area contributed by atoms with E-state index in [2.05, 4.69) is 29.6 Å². The summed E-state index contributed by atoms with van der Waals surface area (Å²) in [6.07, 6.45) is 3.77. The largest absolute Gasteiger partial charge is 0.381 e. The van der Waals surface area contributed by atoms with Crippen molar-refractivity contribution in [3.8, 4) is 0 Å². The first kappa shape index (κ1) is 11.2. The maximum Gasteiger partial charge on any atom is 0.0538 e. The highest BCUT2D eigenvalue weighted by atomic mass is 16.5. The molecule has 1 aromatic carbocycles. The van der Waals surface area contributed by atoms with Crippen molar-refractivity contribution in [2.75, 3.05) is 26.3 Å². The Balaban J connectivity index is 1.41. The van der Waals surface area contributed by atoms with Gasteiger partial charge < -0.3 is 10.1 Å². The van der Waals surface area contributed by atoms with Gasteiger partial charge in [-0.05, 0) is 49.4 Å². The monoisotopic (exact) mass is 231 g/mol. The van der Waals surface area contributed by atoms with Crippen molar-refractivity contribution in [2.45, 2.75) is 25.2 Å². The van der Waals surface area contributed by atoms with Crippen molar-refractivity contribution >= 4 is 0 Å². The van der Waals surface area contributed by atoms with Crippen LogP contribution in [0.4, 0.5) is 0 Å². The molecule has 1 N–H and O–H groups in total. The Morgan fingerprint density at radius 1 is 1.12 bits per heavy atom. The highest BCUT2D eigenvalue weighted by Gasteiger charge is 2.25. The summed E-state index contributed by atoms with van der Waals surface area (Å²) in [6.45, 7) is 4.21. The molecule has 0 amide bonds. The van der Waals surface area contributed by atoms with E-state index < -0.39 is 0 Å². The van der Waals surface area contributed by atoms with Gasteiger partial charge in [-0.25, -0.2) is 0 Å². The quantitative estimate of drug-likeness (QED) is 0.859. The molecule has 1 aromatic rings. The van der Waals surface area contributed by atoms with Gasteiger partial charge in [0.15, 0.2) is 0 Å². The van der Waals surface area contributed by atoms with Crippen LogP contribution in [-0.4, -0.2) is 26.3 Å². The van der Waals surface area contributed by atoms with E-state index in [1.165, 1.54) is 43.5 Å². The molecule has 1 unspecified atom stereocenters. The third-order valence-corrected chi connectivity index (χ3v) is 4.09. The average Bonchev–Trinajstić information content (AvgIpc) is 2.36. The molecule has 0 saturated carbocycles. The van der Waals surface area contributed by atoms with E-state index in [-0.39, 0.29) is 0 Å². The molecule has 1 atom stereocenters. The van der Waals surface area contributed by atoms with Crippen LogP contribution in [-0.2, 0) is 11.2 Å². The van der Waals surface area contributed by atoms with Gasteiger partial charge in [0, 0.05) is 12.5 Å². The van der Waals surface area contributed by atoms with Crippen LogP contribution in [0.5, 0.6) is 0 Å². The van der Waals surface area contributed by atoms with Gasteiger partial charge >= 0.3 is 0 Å². The minimum Gasteiger partial charge on any atom is -0.381 e. The van der Waals surface area contributed by atoms with E-state index >= 15 is 0 Å². The zero-order chi connectivity index (χ0) is 11.5. The number of nitrogens with one attached hydrogen (secondary N) is 1. The zero-order valence-corrected chi connectivity index (χ0v) is 10.3. The molecule has 1 fully saturated rings. The summed E-state index contributed by atoms with van der Waals surface area (Å²) in [5.41, 5.74) is 3.03. The standard InChI is InChI=1S/C15H21NO/c1-2-4-15-13(3-1)9-14(15)11-17-10-12-5-7-16-8-6-12/h1-4,12,14,16H,5-11H2. The summed E-state index contributed by atoms with van der Waals surface area (Å²) in [4.78, 5) is 0. The number of hydrogen-bond donors (Lipinski definition) is 1. The topological polar surface area (TPSA) is 21.3 Å². The van der Waals surface area contributed by atoms with Gasteiger partial charge in [0.1, 0.15) is 0 Å². The molecule has 92 valence electrons. The Hall–Kier alpha value is -0.860. The molecule has 3 rings (SSSR count). The number of benzene rings is 1. The summed E-state index contributed by atoms with van der Waals surface area (Å²) < 4.78 is 5.91. The molecule has 2 nitrogen and oxygen atoms in total. The molecule has 0 spiro atoms. The van der Waals surface area contributed by atoms with Crippen LogP contribution < -0.4 is 5.32 Å². The van der Waals surface area contributed by atoms with Gasteiger partial charge in [-0.15, -0.1) is 0 Å². The fourth-order valence-corrected chi connectivity index (χ4v) is 2.94. The fourth-order valence-electron chi connectivity index (χ4n) is 2.94. The number of rotatable bonds is 4. The molecule has 0 aromatic heterocycles. The number of piperidine rings is 1. The highest BCUT2D eigenvalue weighted by molar-refractivity contribution is 5.39. The van der Waals surface area contributed by atoms with Crippen LogP contribution in [0.15, 0.2) is 24.3 Å². The fraction of sp³-hybridized carbons (Fsp3) is 0.600. The lowest BCUT2D eigenvalue weighted by atomic mass is 9.78. The average molecular weight is 231 g/mol. The number of fused-ring (bicyclic) bond motifs is 1. The maximum absolute atomic E-state index is 5.91. The van der Waals surface area contributed by atoms with Gasteiger partial charge in [0.25, 0.3) is 0 Å². The number of hydrogen-bond acceptors (Lipinski definition) is 2. The van der Waals surface area contributed by atoms with E-state index in [9.17, 15) is 0 Å². The molecule has 2 heteroatoms. The van der Waals surface area contributed by atoms with Crippen molar-refractivity contribution in [3.05, 3.63) is 35.4 Å². The first-order valence-electron chi connectivity index (χ1n) is 6.80. The molecule has 0 bridgehead atoms. The van der Waals surface area contributed by atoms with Crippen LogP contribution in [0.2, 0.25) is 0 Å². The van der Waals surface area contributed by atoms with E-state index in [1.807, 2.05) is 0 Å². The first-order chi connectivity index (χ1) is 8.43. The van der Waals surface area contributed by atoms with Crippen LogP contribution in [0.3, 0.4) is 0 Å². The van der Waals surface area contributed by atoms with Crippen LogP contribution >= 0.6 is 0 Å². The Kier molecular flexibility index (Phi) is 3.44. The van der Waals surface area contributed by atoms with E-state index in [1.54, 1.807) is 0 Å². The summed E-state index contributed by atoms with van der Waals surface area (Å²) in [5.74, 6) is 1.44. The van der Waals surface area contributed by atoms with Gasteiger partial charge in [-0.2, -0.15) is 0 Å². The third-order valence-electron chi connectivity index (χ3n) is 4.09. The van der Waals surface area contributed by atoms with Crippen molar-refractivity contribution in [1.82, 2.24) is 5.32 Å². The normalized spacial score (nSPS) is 24.1. The molecule has 1 aliphatic carbocycles. The molecule has 1 aliphatic heterocycles. The van der Waals surface area contributed by atoms with Gasteiger partial charge in [-0.3, -0.25) is 0 Å². The zero-order valence-electron chi connectivity index (χ0n) is 10.3. The van der Waals surface area contributed by atoms with Gasteiger partial charge in [0.05, 0.1) is 6.61 Å². The second-order valence-corrected chi connectivity index (χ2v) is 5.33. The van der Waals surface area contributed by atoms with Crippen LogP contribution in [0.25, 0.3) is 0 Å². The second-order valence-electron chi connectivity index (χ2n) is 5.33. The Labute approximate surface area is 103 Å². The molecule has 1 saturated heterocycles. The first-order valence-corrected chi connectivity index (χ1v) is 6.80. The predicted molar refractivity (Wildman–Crippen MR) is 69.3 cm³/mol. The molecule has 1 heterocycles. The van der Waals surface area contributed by atoms with E-state index in [0.717, 1.165) is 19.1 Å². The lowest BCUT2D eigenvalue weighted by Gasteiger charge is -2.30. The Morgan fingerprint density at radius 3 is 2.76 bits per heavy atom. The molecule has 2 aliphatic rings. The minimum atomic E-state index is 0.660. The van der Waals surface area contributed by atoms with E-state index in [4.69, 9.17) is 4.74 Å². The van der Waals surface area contributed by atoms with Crippen molar-refractivity contribution in [1.29, 1.82) is 0 Å². The molecule has 0 radical (unpaired) electrons. The van der Waals surface area contributed by atoms with Crippen LogP contribution in [0.1, 0.15) is 29.9 Å². The summed E-state index contributed by atoms with van der Waals surface area (Å²) in [7, 11) is 0. The highest BCUT2D eigenvalue weighted by Crippen LogP contribution is 2.34. The smallest absolute Gasteiger partial charge is 0.0538 e. The Bertz CT molecular complexity index is 371. The summed E-state index contributed by atoms with van der Waals surface area (Å²) >= 11 is 0. The predicted octanol–water partition coefficient (Wildman–Crippen LogP) is 2.34. The lowest BCUT2D eigenvalue weighted by molar-refractivity contribution is 0.0737. The maximum atomic E-state index is 5.91. The van der Waals surface area contributed by atoms with Gasteiger partial charge in [0.2, 0.25) is 0 Å². The minimum absolute atomic E-state index is 0.660. The molecule has 17 heavy (non-hydrogen) atoms. The Morgan fingerprint density at radius 2 is 1.94 bits per heavy atom. The lowest BCUT2D eigenvalue weighted by Crippen LogP contribution is -2.31. The van der Waals surface area contributed by atoms with Gasteiger partial charge in [-0.1, -0.05) is 24.3 Å². The van der Waals surface area contributed by atoms with Crippen molar-refractivity contribution in [3.63, 3.8) is 0 Å². The van der Waals surface area contributed by atoms with Crippen molar-refractivity contribution in [2.24, 2.45) is 5.92 Å². The molecular formula is C15H21NO. The van der Waals surface area contributed by atoms with E-state index in [0.29, 0.717) is 5.92 Å².